The van der Waals surface area contributed by atoms with E-state index in [2.05, 4.69) is 15.6 Å². The van der Waals surface area contributed by atoms with Crippen molar-refractivity contribution in [2.75, 3.05) is 19.0 Å². The summed E-state index contributed by atoms with van der Waals surface area (Å²) in [6, 6.07) is -0.164. The van der Waals surface area contributed by atoms with Crippen LogP contribution in [0.5, 0.6) is 0 Å². The Morgan fingerprint density at radius 2 is 2.44 bits per heavy atom. The fraction of sp³-hybridized carbons (Fsp3) is 0.667. The predicted molar refractivity (Wildman–Crippen MR) is 69.9 cm³/mol. The van der Waals surface area contributed by atoms with E-state index >= 15 is 0 Å². The van der Waals surface area contributed by atoms with Crippen molar-refractivity contribution < 1.29 is 9.53 Å². The lowest BCUT2D eigenvalue weighted by molar-refractivity contribution is -0.118. The van der Waals surface area contributed by atoms with Gasteiger partial charge in [0.05, 0.1) is 17.8 Å². The van der Waals surface area contributed by atoms with E-state index in [1.165, 1.54) is 24.2 Å². The van der Waals surface area contributed by atoms with E-state index in [-0.39, 0.29) is 18.1 Å². The summed E-state index contributed by atoms with van der Waals surface area (Å²) in [6.45, 7) is 0.736. The van der Waals surface area contributed by atoms with E-state index in [0.717, 1.165) is 18.7 Å². The minimum Gasteiger partial charge on any atom is -0.380 e. The van der Waals surface area contributed by atoms with E-state index in [0.29, 0.717) is 11.0 Å². The molecule has 6 heteroatoms. The number of carbonyl (C=O) groups is 1. The predicted octanol–water partition coefficient (Wildman–Crippen LogP) is 1.34. The molecule has 1 aromatic rings. The quantitative estimate of drug-likeness (QED) is 0.864. The number of anilines is 1. The Morgan fingerprint density at radius 3 is 3.11 bits per heavy atom. The van der Waals surface area contributed by atoms with Crippen molar-refractivity contribution >= 4 is 22.4 Å². The van der Waals surface area contributed by atoms with Crippen LogP contribution >= 0.6 is 11.3 Å². The molecule has 0 spiro atoms. The summed E-state index contributed by atoms with van der Waals surface area (Å²) in [5.74, 6) is 0.626. The highest BCUT2D eigenvalue weighted by Gasteiger charge is 2.30. The maximum absolute atomic E-state index is 12.0. The molecule has 5 nitrogen and oxygen atoms in total. The van der Waals surface area contributed by atoms with Gasteiger partial charge in [-0.15, -0.1) is 11.3 Å². The van der Waals surface area contributed by atoms with Gasteiger partial charge in [0, 0.05) is 25.0 Å². The number of rotatable bonds is 4. The van der Waals surface area contributed by atoms with Gasteiger partial charge in [0.25, 0.3) is 0 Å². The van der Waals surface area contributed by atoms with Crippen LogP contribution in [0.25, 0.3) is 0 Å². The van der Waals surface area contributed by atoms with Gasteiger partial charge in [-0.2, -0.15) is 0 Å². The van der Waals surface area contributed by atoms with Crippen LogP contribution < -0.4 is 10.6 Å². The van der Waals surface area contributed by atoms with Gasteiger partial charge in [-0.1, -0.05) is 0 Å². The van der Waals surface area contributed by atoms with Gasteiger partial charge in [0.15, 0.2) is 5.13 Å². The molecule has 0 radical (unpaired) electrons. The maximum Gasteiger partial charge on any atom is 0.243 e. The molecule has 1 aromatic heterocycles. The van der Waals surface area contributed by atoms with Crippen molar-refractivity contribution in [3.8, 4) is 0 Å². The fourth-order valence-corrected chi connectivity index (χ4v) is 2.98. The number of nitrogens with zero attached hydrogens (tertiary/aromatic N) is 1. The van der Waals surface area contributed by atoms with Crippen LogP contribution in [-0.2, 0) is 9.53 Å². The van der Waals surface area contributed by atoms with Crippen LogP contribution in [0.1, 0.15) is 30.9 Å². The number of nitrogens with one attached hydrogen (secondary N) is 2. The Bertz CT molecular complexity index is 444. The molecule has 98 valence electrons. The molecule has 0 bridgehead atoms. The third-order valence-electron chi connectivity index (χ3n) is 3.49. The van der Waals surface area contributed by atoms with Gasteiger partial charge in [-0.3, -0.25) is 4.79 Å². The van der Waals surface area contributed by atoms with Gasteiger partial charge in [0.2, 0.25) is 5.91 Å². The zero-order chi connectivity index (χ0) is 12.5. The van der Waals surface area contributed by atoms with Gasteiger partial charge >= 0.3 is 0 Å². The first-order valence-electron chi connectivity index (χ1n) is 6.28. The van der Waals surface area contributed by atoms with Gasteiger partial charge in [-0.05, 0) is 19.3 Å². The van der Waals surface area contributed by atoms with Crippen molar-refractivity contribution in [2.45, 2.75) is 37.3 Å². The molecule has 2 unspecified atom stereocenters. The molecule has 18 heavy (non-hydrogen) atoms. The first-order valence-corrected chi connectivity index (χ1v) is 7.16. The Labute approximate surface area is 110 Å². The fourth-order valence-electron chi connectivity index (χ4n) is 2.19. The third-order valence-corrected chi connectivity index (χ3v) is 4.26. The Morgan fingerprint density at radius 1 is 1.61 bits per heavy atom. The molecule has 3 rings (SSSR count). The number of hydrogen-bond acceptors (Lipinski definition) is 5. The van der Waals surface area contributed by atoms with Crippen LogP contribution in [-0.4, -0.2) is 36.7 Å². The number of aromatic nitrogens is 1. The molecule has 2 fully saturated rings. The second-order valence-corrected chi connectivity index (χ2v) is 5.75. The molecule has 1 saturated heterocycles. The highest BCUT2D eigenvalue weighted by atomic mass is 32.1. The van der Waals surface area contributed by atoms with Crippen molar-refractivity contribution in [1.29, 1.82) is 0 Å². The van der Waals surface area contributed by atoms with Crippen LogP contribution in [0.3, 0.4) is 0 Å². The standard InChI is InChI=1S/C12H17N3O2S/c1-17-8-4-9(13-5-8)11(16)15-12-14-10(6-18-12)7-2-3-7/h6-9,13H,2-5H2,1H3,(H,14,15,16). The third kappa shape index (κ3) is 2.55. The Hall–Kier alpha value is -0.980. The second kappa shape index (κ2) is 4.95. The molecular formula is C12H17N3O2S. The van der Waals surface area contributed by atoms with Gasteiger partial charge < -0.3 is 15.4 Å². The van der Waals surface area contributed by atoms with Crippen molar-refractivity contribution in [3.63, 3.8) is 0 Å². The van der Waals surface area contributed by atoms with E-state index in [4.69, 9.17) is 4.74 Å². The summed E-state index contributed by atoms with van der Waals surface area (Å²) in [6.07, 6.45) is 3.33. The first-order chi connectivity index (χ1) is 8.76. The molecular weight excluding hydrogens is 250 g/mol. The van der Waals surface area contributed by atoms with E-state index < -0.39 is 0 Å². The van der Waals surface area contributed by atoms with E-state index in [9.17, 15) is 4.79 Å². The zero-order valence-corrected chi connectivity index (χ0v) is 11.1. The molecule has 1 aliphatic carbocycles. The summed E-state index contributed by atoms with van der Waals surface area (Å²) in [5.41, 5.74) is 1.13. The number of amides is 1. The molecule has 2 atom stereocenters. The molecule has 1 amide bonds. The smallest absolute Gasteiger partial charge is 0.243 e. The van der Waals surface area contributed by atoms with E-state index in [1.54, 1.807) is 7.11 Å². The highest BCUT2D eigenvalue weighted by molar-refractivity contribution is 7.13. The number of ether oxygens (including phenoxy) is 1. The minimum atomic E-state index is -0.164. The average Bonchev–Trinajstić information content (AvgIpc) is 2.93. The summed E-state index contributed by atoms with van der Waals surface area (Å²) in [5, 5.41) is 8.80. The molecule has 0 aromatic carbocycles. The lowest BCUT2D eigenvalue weighted by Gasteiger charge is -2.09. The maximum atomic E-state index is 12.0. The van der Waals surface area contributed by atoms with E-state index in [1.807, 2.05) is 5.38 Å². The zero-order valence-electron chi connectivity index (χ0n) is 10.3. The molecule has 1 aliphatic heterocycles. The SMILES string of the molecule is COC1CNC(C(=O)Nc2nc(C3CC3)cs2)C1. The second-order valence-electron chi connectivity index (χ2n) is 4.90. The van der Waals surface area contributed by atoms with Gasteiger partial charge in [0.1, 0.15) is 0 Å². The Kier molecular flexibility index (Phi) is 3.32. The largest absolute Gasteiger partial charge is 0.380 e. The van der Waals surface area contributed by atoms with Crippen molar-refractivity contribution in [1.82, 2.24) is 10.3 Å². The molecule has 2 N–H and O–H groups in total. The Balaban J connectivity index is 1.56. The molecule has 2 heterocycles. The summed E-state index contributed by atoms with van der Waals surface area (Å²) < 4.78 is 5.23. The lowest BCUT2D eigenvalue weighted by Crippen LogP contribution is -2.35. The lowest BCUT2D eigenvalue weighted by atomic mass is 10.2. The normalized spacial score (nSPS) is 27.4. The van der Waals surface area contributed by atoms with Gasteiger partial charge in [-0.25, -0.2) is 4.98 Å². The average molecular weight is 267 g/mol. The number of hydrogen-bond donors (Lipinski definition) is 2. The molecule has 2 aliphatic rings. The van der Waals surface area contributed by atoms with Crippen LogP contribution in [0, 0.1) is 0 Å². The highest BCUT2D eigenvalue weighted by Crippen LogP contribution is 2.40. The monoisotopic (exact) mass is 267 g/mol. The van der Waals surface area contributed by atoms with Crippen LogP contribution in [0.15, 0.2) is 5.38 Å². The van der Waals surface area contributed by atoms with Crippen LogP contribution in [0.2, 0.25) is 0 Å². The topological polar surface area (TPSA) is 63.2 Å². The summed E-state index contributed by atoms with van der Waals surface area (Å²) in [7, 11) is 1.68. The minimum absolute atomic E-state index is 0.00810. The number of carbonyl (C=O) groups excluding carboxylic acids is 1. The first kappa shape index (κ1) is 12.1. The molecule has 1 saturated carbocycles. The van der Waals surface area contributed by atoms with Crippen LogP contribution in [0.4, 0.5) is 5.13 Å². The summed E-state index contributed by atoms with van der Waals surface area (Å²) in [4.78, 5) is 16.5. The number of thiazole rings is 1. The van der Waals surface area contributed by atoms with Crippen molar-refractivity contribution in [3.05, 3.63) is 11.1 Å². The van der Waals surface area contributed by atoms with Crippen molar-refractivity contribution in [2.24, 2.45) is 0 Å². The summed E-state index contributed by atoms with van der Waals surface area (Å²) >= 11 is 1.51. The number of methoxy groups -OCH3 is 1.